The highest BCUT2D eigenvalue weighted by Gasteiger charge is 2.15. The molecule has 1 atom stereocenters. The van der Waals surface area contributed by atoms with Crippen LogP contribution >= 0.6 is 15.9 Å². The Morgan fingerprint density at radius 2 is 2.00 bits per heavy atom. The van der Waals surface area contributed by atoms with Gasteiger partial charge in [0, 0.05) is 23.4 Å². The first-order valence-electron chi connectivity index (χ1n) is 6.68. The summed E-state index contributed by atoms with van der Waals surface area (Å²) in [5.74, 6) is -0.119. The molecule has 5 heteroatoms. The maximum atomic E-state index is 12.2. The van der Waals surface area contributed by atoms with E-state index in [9.17, 15) is 4.79 Å². The molecule has 0 aliphatic heterocycles. The molecule has 0 aliphatic rings. The fraction of sp³-hybridized carbons (Fsp3) is 0.250. The number of carbonyl (C=O) groups excluding carboxylic acids is 1. The Kier molecular flexibility index (Phi) is 5.47. The Balaban J connectivity index is 2.04. The summed E-state index contributed by atoms with van der Waals surface area (Å²) in [6.07, 6.45) is 3.22. The van der Waals surface area contributed by atoms with E-state index in [1.165, 1.54) is 5.56 Å². The second-order valence-corrected chi connectivity index (χ2v) is 5.91. The summed E-state index contributed by atoms with van der Waals surface area (Å²) >= 11 is 3.32. The number of pyridine rings is 1. The average Bonchev–Trinajstić information content (AvgIpc) is 2.48. The molecule has 0 aliphatic carbocycles. The minimum atomic E-state index is -0.119. The summed E-state index contributed by atoms with van der Waals surface area (Å²) < 4.78 is 0.794. The highest BCUT2D eigenvalue weighted by molar-refractivity contribution is 9.10. The van der Waals surface area contributed by atoms with Gasteiger partial charge in [-0.25, -0.2) is 0 Å². The molecule has 2 rings (SSSR count). The van der Waals surface area contributed by atoms with Crippen molar-refractivity contribution in [1.82, 2.24) is 15.2 Å². The van der Waals surface area contributed by atoms with E-state index in [2.05, 4.69) is 43.3 Å². The lowest BCUT2D eigenvalue weighted by atomic mass is 10.1. The van der Waals surface area contributed by atoms with Crippen LogP contribution in [-0.2, 0) is 0 Å². The number of amides is 1. The number of hydrogen-bond acceptors (Lipinski definition) is 3. The van der Waals surface area contributed by atoms with Crippen molar-refractivity contribution in [2.75, 3.05) is 20.6 Å². The molecule has 1 aromatic heterocycles. The molecule has 0 fully saturated rings. The first-order valence-corrected chi connectivity index (χ1v) is 7.47. The zero-order valence-corrected chi connectivity index (χ0v) is 13.7. The number of aromatic nitrogens is 1. The van der Waals surface area contributed by atoms with Crippen LogP contribution in [0.2, 0.25) is 0 Å². The third-order valence-corrected chi connectivity index (χ3v) is 3.66. The Morgan fingerprint density at radius 1 is 1.29 bits per heavy atom. The number of nitrogens with zero attached hydrogens (tertiary/aromatic N) is 2. The molecule has 0 unspecified atom stereocenters. The van der Waals surface area contributed by atoms with Crippen molar-refractivity contribution >= 4 is 21.8 Å². The maximum Gasteiger partial charge on any atom is 0.252 e. The van der Waals surface area contributed by atoms with Crippen LogP contribution in [-0.4, -0.2) is 36.4 Å². The Hall–Kier alpha value is -1.72. The van der Waals surface area contributed by atoms with Gasteiger partial charge >= 0.3 is 0 Å². The summed E-state index contributed by atoms with van der Waals surface area (Å²) in [5, 5.41) is 2.96. The lowest BCUT2D eigenvalue weighted by molar-refractivity contribution is 0.0941. The number of carbonyl (C=O) groups is 1. The molecule has 0 spiro atoms. The third-order valence-electron chi connectivity index (χ3n) is 3.23. The van der Waals surface area contributed by atoms with Crippen molar-refractivity contribution in [2.24, 2.45) is 0 Å². The van der Waals surface area contributed by atoms with Crippen LogP contribution in [0.3, 0.4) is 0 Å². The maximum absolute atomic E-state index is 12.2. The van der Waals surface area contributed by atoms with Gasteiger partial charge in [-0.05, 0) is 41.7 Å². The molecule has 0 radical (unpaired) electrons. The smallest absolute Gasteiger partial charge is 0.252 e. The lowest BCUT2D eigenvalue weighted by Crippen LogP contribution is -2.34. The summed E-state index contributed by atoms with van der Waals surface area (Å²) in [5.41, 5.74) is 1.73. The van der Waals surface area contributed by atoms with E-state index < -0.39 is 0 Å². The molecule has 0 bridgehead atoms. The lowest BCUT2D eigenvalue weighted by Gasteiger charge is -2.25. The predicted molar refractivity (Wildman–Crippen MR) is 87.1 cm³/mol. The summed E-state index contributed by atoms with van der Waals surface area (Å²) in [6, 6.07) is 12.0. The van der Waals surface area contributed by atoms with Gasteiger partial charge in [-0.1, -0.05) is 30.3 Å². The second-order valence-electron chi connectivity index (χ2n) is 4.99. The van der Waals surface area contributed by atoms with Gasteiger partial charge in [0.05, 0.1) is 11.6 Å². The van der Waals surface area contributed by atoms with Crippen molar-refractivity contribution in [2.45, 2.75) is 6.04 Å². The van der Waals surface area contributed by atoms with Gasteiger partial charge in [0.25, 0.3) is 5.91 Å². The number of nitrogens with one attached hydrogen (secondary N) is 1. The zero-order chi connectivity index (χ0) is 15.2. The van der Waals surface area contributed by atoms with Gasteiger partial charge in [-0.2, -0.15) is 0 Å². The van der Waals surface area contributed by atoms with Crippen molar-refractivity contribution in [1.29, 1.82) is 0 Å². The number of hydrogen-bond donors (Lipinski definition) is 1. The van der Waals surface area contributed by atoms with Gasteiger partial charge in [-0.15, -0.1) is 0 Å². The van der Waals surface area contributed by atoms with Gasteiger partial charge in [0.1, 0.15) is 0 Å². The molecule has 110 valence electrons. The van der Waals surface area contributed by atoms with Crippen molar-refractivity contribution in [3.63, 3.8) is 0 Å². The van der Waals surface area contributed by atoms with Gasteiger partial charge in [0.2, 0.25) is 0 Å². The van der Waals surface area contributed by atoms with E-state index in [4.69, 9.17) is 0 Å². The topological polar surface area (TPSA) is 45.2 Å². The minimum Gasteiger partial charge on any atom is -0.350 e. The fourth-order valence-corrected chi connectivity index (χ4v) is 2.47. The number of halogens is 1. The van der Waals surface area contributed by atoms with Crippen LogP contribution in [0.25, 0.3) is 0 Å². The monoisotopic (exact) mass is 347 g/mol. The highest BCUT2D eigenvalue weighted by atomic mass is 79.9. The van der Waals surface area contributed by atoms with E-state index in [1.807, 2.05) is 32.3 Å². The molecule has 1 heterocycles. The normalized spacial score (nSPS) is 12.2. The molecule has 21 heavy (non-hydrogen) atoms. The van der Waals surface area contributed by atoms with Crippen LogP contribution in [0.15, 0.2) is 53.3 Å². The Bertz CT molecular complexity index is 601. The second kappa shape index (κ2) is 7.33. The van der Waals surface area contributed by atoms with Crippen LogP contribution in [0.5, 0.6) is 0 Å². The standard InChI is InChI=1S/C16H18BrN3O/c1-20(2)15(12-6-4-3-5-7-12)11-19-16(21)13-8-14(17)10-18-9-13/h3-10,15H,11H2,1-2H3,(H,19,21)/t15-/m0/s1. The van der Waals surface area contributed by atoms with Crippen LogP contribution in [0.4, 0.5) is 0 Å². The van der Waals surface area contributed by atoms with Gasteiger partial charge in [-0.3, -0.25) is 9.78 Å². The first-order chi connectivity index (χ1) is 10.1. The summed E-state index contributed by atoms with van der Waals surface area (Å²) in [4.78, 5) is 18.3. The molecule has 1 aromatic carbocycles. The zero-order valence-electron chi connectivity index (χ0n) is 12.1. The highest BCUT2D eigenvalue weighted by Crippen LogP contribution is 2.17. The van der Waals surface area contributed by atoms with Crippen molar-refractivity contribution in [3.05, 3.63) is 64.4 Å². The van der Waals surface area contributed by atoms with E-state index in [0.717, 1.165) is 4.47 Å². The molecule has 0 saturated heterocycles. The Labute approximate surface area is 133 Å². The largest absolute Gasteiger partial charge is 0.350 e. The SMILES string of the molecule is CN(C)[C@@H](CNC(=O)c1cncc(Br)c1)c1ccccc1. The number of benzene rings is 1. The van der Waals surface area contributed by atoms with Gasteiger partial charge < -0.3 is 10.2 Å². The summed E-state index contributed by atoms with van der Waals surface area (Å²) in [7, 11) is 4.01. The predicted octanol–water partition coefficient (Wildman–Crippen LogP) is 2.88. The molecule has 0 saturated carbocycles. The molecule has 1 amide bonds. The molecule has 1 N–H and O–H groups in total. The third kappa shape index (κ3) is 4.37. The summed E-state index contributed by atoms with van der Waals surface area (Å²) in [6.45, 7) is 0.544. The van der Waals surface area contributed by atoms with Crippen LogP contribution in [0, 0.1) is 0 Å². The first kappa shape index (κ1) is 15.7. The molecule has 2 aromatic rings. The van der Waals surface area contributed by atoms with Gasteiger partial charge in [0.15, 0.2) is 0 Å². The van der Waals surface area contributed by atoms with E-state index in [1.54, 1.807) is 18.5 Å². The van der Waals surface area contributed by atoms with Crippen molar-refractivity contribution < 1.29 is 4.79 Å². The quantitative estimate of drug-likeness (QED) is 0.904. The Morgan fingerprint density at radius 3 is 2.62 bits per heavy atom. The van der Waals surface area contributed by atoms with E-state index >= 15 is 0 Å². The minimum absolute atomic E-state index is 0.119. The van der Waals surface area contributed by atoms with Crippen molar-refractivity contribution in [3.8, 4) is 0 Å². The van der Waals surface area contributed by atoms with Crippen LogP contribution in [0.1, 0.15) is 22.0 Å². The van der Waals surface area contributed by atoms with E-state index in [0.29, 0.717) is 12.1 Å². The molecular formula is C16H18BrN3O. The average molecular weight is 348 g/mol. The molecule has 4 nitrogen and oxygen atoms in total. The van der Waals surface area contributed by atoms with Crippen LogP contribution < -0.4 is 5.32 Å². The van der Waals surface area contributed by atoms with E-state index in [-0.39, 0.29) is 11.9 Å². The number of rotatable bonds is 5. The fourth-order valence-electron chi connectivity index (χ4n) is 2.10. The molecular weight excluding hydrogens is 330 g/mol. The number of likely N-dealkylation sites (N-methyl/N-ethyl adjacent to an activating group) is 1.